The predicted octanol–water partition coefficient (Wildman–Crippen LogP) is 3.61. The minimum absolute atomic E-state index is 0.272. The van der Waals surface area contributed by atoms with E-state index in [9.17, 15) is 4.79 Å². The summed E-state index contributed by atoms with van der Waals surface area (Å²) in [4.78, 5) is 16.9. The normalized spacial score (nSPS) is 15.9. The number of carbonyl (C=O) groups is 1. The molecule has 116 valence electrons. The van der Waals surface area contributed by atoms with Crippen molar-refractivity contribution in [2.45, 2.75) is 52.5 Å². The average Bonchev–Trinajstić information content (AvgIpc) is 2.74. The number of anilines is 1. The number of rotatable bonds is 4. The molecule has 0 radical (unpaired) electrons. The lowest BCUT2D eigenvalue weighted by Gasteiger charge is -2.32. The van der Waals surface area contributed by atoms with Crippen molar-refractivity contribution in [3.63, 3.8) is 0 Å². The van der Waals surface area contributed by atoms with Crippen LogP contribution in [0.15, 0.2) is 24.3 Å². The molecule has 1 aliphatic rings. The van der Waals surface area contributed by atoms with E-state index >= 15 is 0 Å². The first-order valence-corrected chi connectivity index (χ1v) is 8.19. The van der Waals surface area contributed by atoms with Gasteiger partial charge in [0.1, 0.15) is 0 Å². The highest BCUT2D eigenvalue weighted by molar-refractivity contribution is 5.82. The third-order valence-corrected chi connectivity index (χ3v) is 4.31. The van der Waals surface area contributed by atoms with Crippen LogP contribution in [0.3, 0.4) is 0 Å². The smallest absolute Gasteiger partial charge is 0.242 e. The average molecular weight is 288 g/mol. The molecule has 21 heavy (non-hydrogen) atoms. The monoisotopic (exact) mass is 288 g/mol. The molecule has 3 heteroatoms. The molecule has 0 bridgehead atoms. The number of hydrogen-bond acceptors (Lipinski definition) is 2. The summed E-state index contributed by atoms with van der Waals surface area (Å²) < 4.78 is 0. The second-order valence-corrected chi connectivity index (χ2v) is 6.30. The molecule has 1 amide bonds. The van der Waals surface area contributed by atoms with Crippen molar-refractivity contribution in [2.24, 2.45) is 0 Å². The number of carbonyl (C=O) groups excluding carboxylic acids is 1. The first-order chi connectivity index (χ1) is 10.1. The molecular weight excluding hydrogens is 260 g/mol. The van der Waals surface area contributed by atoms with Gasteiger partial charge in [0.05, 0.1) is 6.54 Å². The van der Waals surface area contributed by atoms with Crippen molar-refractivity contribution in [1.29, 1.82) is 0 Å². The molecule has 0 aromatic heterocycles. The van der Waals surface area contributed by atoms with Gasteiger partial charge in [-0.25, -0.2) is 0 Å². The molecule has 3 nitrogen and oxygen atoms in total. The molecule has 2 rings (SSSR count). The largest absolute Gasteiger partial charge is 0.360 e. The molecule has 0 unspecified atom stereocenters. The van der Waals surface area contributed by atoms with E-state index in [0.29, 0.717) is 12.6 Å². The van der Waals surface area contributed by atoms with Crippen LogP contribution in [0.4, 0.5) is 5.69 Å². The highest BCUT2D eigenvalue weighted by atomic mass is 16.2. The fourth-order valence-electron chi connectivity index (χ4n) is 3.00. The van der Waals surface area contributed by atoms with Gasteiger partial charge in [-0.2, -0.15) is 0 Å². The maximum absolute atomic E-state index is 12.6. The van der Waals surface area contributed by atoms with Crippen LogP contribution >= 0.6 is 0 Å². The molecule has 1 aliphatic heterocycles. The topological polar surface area (TPSA) is 23.6 Å². The van der Waals surface area contributed by atoms with Crippen molar-refractivity contribution in [3.05, 3.63) is 29.8 Å². The van der Waals surface area contributed by atoms with Crippen molar-refractivity contribution in [3.8, 4) is 0 Å². The Morgan fingerprint density at radius 3 is 2.33 bits per heavy atom. The zero-order valence-electron chi connectivity index (χ0n) is 13.6. The summed E-state index contributed by atoms with van der Waals surface area (Å²) in [5.74, 6) is 0.272. The highest BCUT2D eigenvalue weighted by Gasteiger charge is 2.21. The van der Waals surface area contributed by atoms with Crippen molar-refractivity contribution < 1.29 is 4.79 Å². The SMILES string of the molecule is Cc1ccccc1N(CC(=O)N1CCCCCC1)C(C)C. The molecule has 0 atom stereocenters. The van der Waals surface area contributed by atoms with Gasteiger partial charge >= 0.3 is 0 Å². The van der Waals surface area contributed by atoms with Crippen LogP contribution in [-0.4, -0.2) is 36.5 Å². The zero-order valence-corrected chi connectivity index (χ0v) is 13.6. The molecular formula is C18H28N2O. The van der Waals surface area contributed by atoms with Gasteiger partial charge in [0, 0.05) is 24.8 Å². The summed E-state index contributed by atoms with van der Waals surface area (Å²) in [5, 5.41) is 0. The number of benzene rings is 1. The summed E-state index contributed by atoms with van der Waals surface area (Å²) in [6.07, 6.45) is 4.82. The minimum Gasteiger partial charge on any atom is -0.360 e. The summed E-state index contributed by atoms with van der Waals surface area (Å²) in [6.45, 7) is 8.77. The predicted molar refractivity (Wildman–Crippen MR) is 88.7 cm³/mol. The number of aryl methyl sites for hydroxylation is 1. The molecule has 1 heterocycles. The van der Waals surface area contributed by atoms with Crippen LogP contribution < -0.4 is 4.90 Å². The Morgan fingerprint density at radius 1 is 1.14 bits per heavy atom. The van der Waals surface area contributed by atoms with Gasteiger partial charge in [0.15, 0.2) is 0 Å². The molecule has 0 saturated carbocycles. The van der Waals surface area contributed by atoms with E-state index in [1.807, 2.05) is 12.1 Å². The third-order valence-electron chi connectivity index (χ3n) is 4.31. The van der Waals surface area contributed by atoms with E-state index in [-0.39, 0.29) is 5.91 Å². The number of nitrogens with zero attached hydrogens (tertiary/aromatic N) is 2. The van der Waals surface area contributed by atoms with E-state index in [4.69, 9.17) is 0 Å². The van der Waals surface area contributed by atoms with Gasteiger partial charge in [-0.3, -0.25) is 4.79 Å². The van der Waals surface area contributed by atoms with Crippen LogP contribution in [0.1, 0.15) is 45.1 Å². The van der Waals surface area contributed by atoms with E-state index < -0.39 is 0 Å². The Balaban J connectivity index is 2.09. The fraction of sp³-hybridized carbons (Fsp3) is 0.611. The summed E-state index contributed by atoms with van der Waals surface area (Å²) in [5.41, 5.74) is 2.41. The first kappa shape index (κ1) is 15.9. The van der Waals surface area contributed by atoms with E-state index in [1.54, 1.807) is 0 Å². The molecule has 0 aliphatic carbocycles. The molecule has 0 spiro atoms. The second kappa shape index (κ2) is 7.48. The van der Waals surface area contributed by atoms with Gasteiger partial charge in [-0.05, 0) is 45.2 Å². The fourth-order valence-corrected chi connectivity index (χ4v) is 3.00. The van der Waals surface area contributed by atoms with Gasteiger partial charge in [0.25, 0.3) is 0 Å². The Bertz CT molecular complexity index is 462. The first-order valence-electron chi connectivity index (χ1n) is 8.19. The van der Waals surface area contributed by atoms with Crippen molar-refractivity contribution in [2.75, 3.05) is 24.5 Å². The second-order valence-electron chi connectivity index (χ2n) is 6.30. The summed E-state index contributed by atoms with van der Waals surface area (Å²) in [6, 6.07) is 8.65. The van der Waals surface area contributed by atoms with Crippen LogP contribution in [0.25, 0.3) is 0 Å². The molecule has 0 N–H and O–H groups in total. The Morgan fingerprint density at radius 2 is 1.76 bits per heavy atom. The van der Waals surface area contributed by atoms with Crippen LogP contribution in [0.2, 0.25) is 0 Å². The number of likely N-dealkylation sites (tertiary alicyclic amines) is 1. The lowest BCUT2D eigenvalue weighted by Crippen LogP contribution is -2.43. The van der Waals surface area contributed by atoms with Crippen LogP contribution in [0.5, 0.6) is 0 Å². The van der Waals surface area contributed by atoms with Gasteiger partial charge < -0.3 is 9.80 Å². The lowest BCUT2D eigenvalue weighted by molar-refractivity contribution is -0.129. The minimum atomic E-state index is 0.272. The molecule has 1 aromatic carbocycles. The van der Waals surface area contributed by atoms with Crippen LogP contribution in [0, 0.1) is 6.92 Å². The lowest BCUT2D eigenvalue weighted by atomic mass is 10.1. The zero-order chi connectivity index (χ0) is 15.2. The maximum Gasteiger partial charge on any atom is 0.242 e. The quantitative estimate of drug-likeness (QED) is 0.845. The van der Waals surface area contributed by atoms with Crippen molar-refractivity contribution in [1.82, 2.24) is 4.90 Å². The highest BCUT2D eigenvalue weighted by Crippen LogP contribution is 2.22. The maximum atomic E-state index is 12.6. The molecule has 1 saturated heterocycles. The van der Waals surface area contributed by atoms with E-state index in [1.165, 1.54) is 24.1 Å². The van der Waals surface area contributed by atoms with Gasteiger partial charge in [0.2, 0.25) is 5.91 Å². The Hall–Kier alpha value is -1.51. The van der Waals surface area contributed by atoms with Crippen molar-refractivity contribution >= 4 is 11.6 Å². The van der Waals surface area contributed by atoms with E-state index in [2.05, 4.69) is 42.7 Å². The number of hydrogen-bond donors (Lipinski definition) is 0. The Kier molecular flexibility index (Phi) is 5.66. The molecule has 1 aromatic rings. The summed E-state index contributed by atoms with van der Waals surface area (Å²) in [7, 11) is 0. The number of amides is 1. The van der Waals surface area contributed by atoms with Crippen LogP contribution in [-0.2, 0) is 4.79 Å². The summed E-state index contributed by atoms with van der Waals surface area (Å²) >= 11 is 0. The molecule has 1 fully saturated rings. The standard InChI is InChI=1S/C18H28N2O/c1-15(2)20(17-11-7-6-10-16(17)3)14-18(21)19-12-8-4-5-9-13-19/h6-7,10-11,15H,4-5,8-9,12-14H2,1-3H3. The van der Waals surface area contributed by atoms with E-state index in [0.717, 1.165) is 25.9 Å². The van der Waals surface area contributed by atoms with Gasteiger partial charge in [-0.1, -0.05) is 31.0 Å². The number of para-hydroxylation sites is 1. The Labute approximate surface area is 128 Å². The third kappa shape index (κ3) is 4.23. The van der Waals surface area contributed by atoms with Gasteiger partial charge in [-0.15, -0.1) is 0 Å².